The van der Waals surface area contributed by atoms with Crippen molar-refractivity contribution in [1.82, 2.24) is 9.97 Å². The van der Waals surface area contributed by atoms with Gasteiger partial charge < -0.3 is 0 Å². The first-order valence-electron chi connectivity index (χ1n) is 6.65. The molecule has 7 heteroatoms. The maximum atomic E-state index is 8.84. The number of nitriles is 2. The Morgan fingerprint density at radius 2 is 1.81 bits per heavy atom. The number of thioether (sulfide) groups is 2. The number of rotatable bonds is 4. The van der Waals surface area contributed by atoms with Crippen molar-refractivity contribution in [3.8, 4) is 12.1 Å². The quantitative estimate of drug-likeness (QED) is 0.481. The smallest absolute Gasteiger partial charge is 0.191 e. The van der Waals surface area contributed by atoms with Crippen LogP contribution in [0.15, 0.2) is 10.2 Å². The van der Waals surface area contributed by atoms with Crippen molar-refractivity contribution >= 4 is 45.1 Å². The van der Waals surface area contributed by atoms with Crippen molar-refractivity contribution in [3.63, 3.8) is 0 Å². The molecule has 106 valence electrons. The Kier molecular flexibility index (Phi) is 4.64. The average molecular weight is 332 g/mol. The molecule has 1 aliphatic rings. The maximum Gasteiger partial charge on any atom is 0.191 e. The molecule has 0 amide bonds. The highest BCUT2D eigenvalue weighted by atomic mass is 32.2. The standard InChI is InChI=1S/C14H12N4S3/c15-5-7-19-12-11-9-3-1-2-4-10(9)21-13(11)18-14(17-12)20-8-6-16/h1-4,7-8H2. The Labute approximate surface area is 135 Å². The molecule has 0 saturated carbocycles. The van der Waals surface area contributed by atoms with E-state index in [2.05, 4.69) is 22.1 Å². The van der Waals surface area contributed by atoms with Crippen molar-refractivity contribution in [2.75, 3.05) is 11.5 Å². The molecule has 1 aliphatic carbocycles. The summed E-state index contributed by atoms with van der Waals surface area (Å²) < 4.78 is 0. The second-order valence-electron chi connectivity index (χ2n) is 4.60. The summed E-state index contributed by atoms with van der Waals surface area (Å²) in [5, 5.41) is 20.2. The Bertz CT molecular complexity index is 754. The minimum atomic E-state index is 0.346. The fourth-order valence-corrected chi connectivity index (χ4v) is 5.14. The van der Waals surface area contributed by atoms with E-state index in [0.29, 0.717) is 16.7 Å². The van der Waals surface area contributed by atoms with Gasteiger partial charge in [0.2, 0.25) is 0 Å². The lowest BCUT2D eigenvalue weighted by Crippen LogP contribution is -1.99. The summed E-state index contributed by atoms with van der Waals surface area (Å²) in [5.41, 5.74) is 1.39. The van der Waals surface area contributed by atoms with Crippen molar-refractivity contribution in [3.05, 3.63) is 10.4 Å². The van der Waals surface area contributed by atoms with E-state index in [1.165, 1.54) is 46.8 Å². The fourth-order valence-electron chi connectivity index (χ4n) is 2.47. The Morgan fingerprint density at radius 3 is 2.62 bits per heavy atom. The molecule has 0 fully saturated rings. The van der Waals surface area contributed by atoms with E-state index >= 15 is 0 Å². The van der Waals surface area contributed by atoms with Crippen LogP contribution in [0.2, 0.25) is 0 Å². The largest absolute Gasteiger partial charge is 0.215 e. The van der Waals surface area contributed by atoms with Crippen molar-refractivity contribution < 1.29 is 0 Å². The molecule has 4 nitrogen and oxygen atoms in total. The van der Waals surface area contributed by atoms with Gasteiger partial charge in [0, 0.05) is 10.3 Å². The fraction of sp³-hybridized carbons (Fsp3) is 0.429. The van der Waals surface area contributed by atoms with Gasteiger partial charge in [-0.15, -0.1) is 11.3 Å². The van der Waals surface area contributed by atoms with Gasteiger partial charge in [0.25, 0.3) is 0 Å². The van der Waals surface area contributed by atoms with Crippen LogP contribution in [-0.4, -0.2) is 21.5 Å². The molecule has 0 saturated heterocycles. The van der Waals surface area contributed by atoms with E-state index in [-0.39, 0.29) is 0 Å². The lowest BCUT2D eigenvalue weighted by molar-refractivity contribution is 0.699. The Hall–Kier alpha value is -1.28. The van der Waals surface area contributed by atoms with Gasteiger partial charge in [0.15, 0.2) is 5.16 Å². The van der Waals surface area contributed by atoms with Gasteiger partial charge in [0.1, 0.15) is 9.86 Å². The highest BCUT2D eigenvalue weighted by Gasteiger charge is 2.21. The third-order valence-corrected chi connectivity index (χ3v) is 6.04. The molecule has 2 aromatic heterocycles. The molecule has 0 atom stereocenters. The lowest BCUT2D eigenvalue weighted by atomic mass is 9.97. The van der Waals surface area contributed by atoms with Gasteiger partial charge in [-0.05, 0) is 31.2 Å². The zero-order valence-corrected chi connectivity index (χ0v) is 13.7. The van der Waals surface area contributed by atoms with Crippen LogP contribution in [-0.2, 0) is 12.8 Å². The van der Waals surface area contributed by atoms with Crippen molar-refractivity contribution in [2.24, 2.45) is 0 Å². The average Bonchev–Trinajstić information content (AvgIpc) is 2.89. The summed E-state index contributed by atoms with van der Waals surface area (Å²) in [4.78, 5) is 11.6. The molecule has 0 aliphatic heterocycles. The molecule has 2 heterocycles. The first-order valence-corrected chi connectivity index (χ1v) is 9.44. The van der Waals surface area contributed by atoms with E-state index in [0.717, 1.165) is 28.1 Å². The molecule has 0 radical (unpaired) electrons. The summed E-state index contributed by atoms with van der Waals surface area (Å²) in [6, 6.07) is 4.27. The predicted octanol–water partition coefficient (Wildman–Crippen LogP) is 3.80. The summed E-state index contributed by atoms with van der Waals surface area (Å²) in [6.07, 6.45) is 4.67. The lowest BCUT2D eigenvalue weighted by Gasteiger charge is -2.11. The zero-order chi connectivity index (χ0) is 14.7. The molecule has 21 heavy (non-hydrogen) atoms. The van der Waals surface area contributed by atoms with Crippen LogP contribution in [0.5, 0.6) is 0 Å². The summed E-state index contributed by atoms with van der Waals surface area (Å²) >= 11 is 4.58. The van der Waals surface area contributed by atoms with Gasteiger partial charge in [-0.1, -0.05) is 23.5 Å². The summed E-state index contributed by atoms with van der Waals surface area (Å²) in [7, 11) is 0. The number of hydrogen-bond acceptors (Lipinski definition) is 7. The number of fused-ring (bicyclic) bond motifs is 3. The van der Waals surface area contributed by atoms with Crippen LogP contribution in [0.25, 0.3) is 10.2 Å². The Morgan fingerprint density at radius 1 is 1.05 bits per heavy atom. The monoisotopic (exact) mass is 332 g/mol. The van der Waals surface area contributed by atoms with Gasteiger partial charge in [-0.3, -0.25) is 0 Å². The van der Waals surface area contributed by atoms with Gasteiger partial charge >= 0.3 is 0 Å². The molecule has 0 aromatic carbocycles. The second kappa shape index (κ2) is 6.65. The van der Waals surface area contributed by atoms with Crippen LogP contribution in [0.1, 0.15) is 23.3 Å². The minimum absolute atomic E-state index is 0.346. The predicted molar refractivity (Wildman–Crippen MR) is 86.7 cm³/mol. The molecule has 0 unspecified atom stereocenters. The van der Waals surface area contributed by atoms with E-state index in [4.69, 9.17) is 10.5 Å². The molecule has 2 aromatic rings. The number of aryl methyl sites for hydroxylation is 2. The third kappa shape index (κ3) is 3.01. The van der Waals surface area contributed by atoms with Crippen molar-refractivity contribution in [2.45, 2.75) is 35.9 Å². The van der Waals surface area contributed by atoms with Gasteiger partial charge in [0.05, 0.1) is 23.6 Å². The second-order valence-corrected chi connectivity index (χ2v) is 7.59. The van der Waals surface area contributed by atoms with E-state index in [1.54, 1.807) is 11.3 Å². The third-order valence-electron chi connectivity index (χ3n) is 3.30. The van der Waals surface area contributed by atoms with Crippen LogP contribution in [0.4, 0.5) is 0 Å². The highest BCUT2D eigenvalue weighted by molar-refractivity contribution is 8.00. The number of nitrogens with zero attached hydrogens (tertiary/aromatic N) is 4. The number of thiophene rings is 1. The van der Waals surface area contributed by atoms with E-state index in [1.807, 2.05) is 0 Å². The first-order chi connectivity index (χ1) is 10.3. The molecular weight excluding hydrogens is 320 g/mol. The normalized spacial score (nSPS) is 13.6. The molecule has 0 spiro atoms. The molecule has 3 rings (SSSR count). The maximum absolute atomic E-state index is 8.84. The summed E-state index contributed by atoms with van der Waals surface area (Å²) in [6.45, 7) is 0. The van der Waals surface area contributed by atoms with Gasteiger partial charge in [-0.25, -0.2) is 9.97 Å². The zero-order valence-electron chi connectivity index (χ0n) is 11.3. The van der Waals surface area contributed by atoms with Crippen LogP contribution in [0, 0.1) is 22.7 Å². The molecule has 0 bridgehead atoms. The summed E-state index contributed by atoms with van der Waals surface area (Å²) in [5.74, 6) is 0.734. The van der Waals surface area contributed by atoms with Gasteiger partial charge in [-0.2, -0.15) is 10.5 Å². The van der Waals surface area contributed by atoms with Crippen LogP contribution >= 0.6 is 34.9 Å². The van der Waals surface area contributed by atoms with E-state index in [9.17, 15) is 0 Å². The molecular formula is C14H12N4S3. The topological polar surface area (TPSA) is 73.4 Å². The minimum Gasteiger partial charge on any atom is -0.215 e. The van der Waals surface area contributed by atoms with Crippen molar-refractivity contribution in [1.29, 1.82) is 10.5 Å². The molecule has 0 N–H and O–H groups in total. The Balaban J connectivity index is 2.10. The number of aromatic nitrogens is 2. The highest BCUT2D eigenvalue weighted by Crippen LogP contribution is 2.40. The first kappa shape index (κ1) is 14.6. The SMILES string of the molecule is N#CCSc1nc(SCC#N)c2c3c(sc2n1)CCCC3. The van der Waals surface area contributed by atoms with E-state index < -0.39 is 0 Å². The van der Waals surface area contributed by atoms with Crippen LogP contribution < -0.4 is 0 Å². The number of hydrogen-bond donors (Lipinski definition) is 0. The van der Waals surface area contributed by atoms with Crippen LogP contribution in [0.3, 0.4) is 0 Å².